The quantitative estimate of drug-likeness (QED) is 0.800. The highest BCUT2D eigenvalue weighted by Crippen LogP contribution is 2.39. The molecule has 3 N–H and O–H groups in total. The molecule has 0 saturated heterocycles. The summed E-state index contributed by atoms with van der Waals surface area (Å²) in [5.74, 6) is 0.843. The molecule has 0 amide bonds. The van der Waals surface area contributed by atoms with Crippen LogP contribution in [0.5, 0.6) is 5.75 Å². The molecule has 136 valence electrons. The summed E-state index contributed by atoms with van der Waals surface area (Å²) in [5.41, 5.74) is 7.61. The zero-order chi connectivity index (χ0) is 16.8. The van der Waals surface area contributed by atoms with Crippen LogP contribution in [0.3, 0.4) is 0 Å². The number of nitrogens with two attached hydrogens (primary N) is 1. The molecule has 1 atom stereocenters. The van der Waals surface area contributed by atoms with Gasteiger partial charge in [-0.3, -0.25) is 0 Å². The van der Waals surface area contributed by atoms with Crippen molar-refractivity contribution < 1.29 is 9.84 Å². The molecule has 3 nitrogen and oxygen atoms in total. The highest BCUT2D eigenvalue weighted by Gasteiger charge is 2.37. The minimum absolute atomic E-state index is 0. The standard InChI is InChI=1S/C21H27NO2.ClH/c22-15-20(21(23)13-5-2-6-14-21)18-9-11-19(12-10-18)24-16-17-7-3-1-4-8-17;/h1,3-4,7-12,20,23H,2,5-6,13-16,22H2;1H. The van der Waals surface area contributed by atoms with E-state index in [1.807, 2.05) is 42.5 Å². The van der Waals surface area contributed by atoms with Crippen LogP contribution < -0.4 is 10.5 Å². The van der Waals surface area contributed by atoms with Gasteiger partial charge in [0, 0.05) is 12.5 Å². The van der Waals surface area contributed by atoms with E-state index in [1.54, 1.807) is 0 Å². The molecule has 2 aromatic carbocycles. The first kappa shape index (κ1) is 19.8. The molecule has 1 aliphatic carbocycles. The third kappa shape index (κ3) is 4.97. The second-order valence-electron chi connectivity index (χ2n) is 6.80. The molecular weight excluding hydrogens is 334 g/mol. The van der Waals surface area contributed by atoms with Crippen LogP contribution in [0.25, 0.3) is 0 Å². The predicted molar refractivity (Wildman–Crippen MR) is 104 cm³/mol. The van der Waals surface area contributed by atoms with Crippen LogP contribution in [0, 0.1) is 0 Å². The fourth-order valence-electron chi connectivity index (χ4n) is 3.72. The van der Waals surface area contributed by atoms with E-state index in [9.17, 15) is 5.11 Å². The molecule has 0 heterocycles. The lowest BCUT2D eigenvalue weighted by Gasteiger charge is -2.39. The van der Waals surface area contributed by atoms with Gasteiger partial charge in [0.1, 0.15) is 12.4 Å². The third-order valence-electron chi connectivity index (χ3n) is 5.13. The number of benzene rings is 2. The lowest BCUT2D eigenvalue weighted by atomic mass is 9.73. The third-order valence-corrected chi connectivity index (χ3v) is 5.13. The molecular formula is C21H28ClNO2. The summed E-state index contributed by atoms with van der Waals surface area (Å²) in [6, 6.07) is 18.2. The molecule has 1 aliphatic rings. The Labute approximate surface area is 156 Å². The van der Waals surface area contributed by atoms with E-state index < -0.39 is 5.60 Å². The van der Waals surface area contributed by atoms with E-state index in [1.165, 1.54) is 6.42 Å². The predicted octanol–water partition coefficient (Wildman–Crippen LogP) is 4.42. The molecule has 0 aromatic heterocycles. The largest absolute Gasteiger partial charge is 0.489 e. The average Bonchev–Trinajstić information content (AvgIpc) is 2.63. The minimum Gasteiger partial charge on any atom is -0.489 e. The van der Waals surface area contributed by atoms with Crippen LogP contribution in [0.2, 0.25) is 0 Å². The van der Waals surface area contributed by atoms with E-state index in [-0.39, 0.29) is 18.3 Å². The van der Waals surface area contributed by atoms with Crippen LogP contribution in [0.1, 0.15) is 49.1 Å². The number of aliphatic hydroxyl groups is 1. The fourth-order valence-corrected chi connectivity index (χ4v) is 3.72. The van der Waals surface area contributed by atoms with Gasteiger partial charge in [-0.15, -0.1) is 12.4 Å². The average molecular weight is 362 g/mol. The summed E-state index contributed by atoms with van der Waals surface area (Å²) in [5, 5.41) is 11.0. The van der Waals surface area contributed by atoms with Gasteiger partial charge >= 0.3 is 0 Å². The van der Waals surface area contributed by atoms with Gasteiger partial charge in [-0.1, -0.05) is 61.7 Å². The van der Waals surface area contributed by atoms with Crippen molar-refractivity contribution in [3.8, 4) is 5.75 Å². The van der Waals surface area contributed by atoms with Crippen molar-refractivity contribution in [2.24, 2.45) is 5.73 Å². The molecule has 0 radical (unpaired) electrons. The summed E-state index contributed by atoms with van der Waals surface area (Å²) < 4.78 is 5.84. The summed E-state index contributed by atoms with van der Waals surface area (Å²) in [7, 11) is 0. The lowest BCUT2D eigenvalue weighted by molar-refractivity contribution is -0.0194. The van der Waals surface area contributed by atoms with Crippen molar-refractivity contribution in [3.63, 3.8) is 0 Å². The van der Waals surface area contributed by atoms with E-state index in [4.69, 9.17) is 10.5 Å². The van der Waals surface area contributed by atoms with Crippen LogP contribution in [-0.4, -0.2) is 17.3 Å². The highest BCUT2D eigenvalue weighted by atomic mass is 35.5. The maximum absolute atomic E-state index is 11.0. The lowest BCUT2D eigenvalue weighted by Crippen LogP contribution is -2.41. The summed E-state index contributed by atoms with van der Waals surface area (Å²) in [4.78, 5) is 0. The van der Waals surface area contributed by atoms with Gasteiger partial charge in [0.2, 0.25) is 0 Å². The zero-order valence-corrected chi connectivity index (χ0v) is 15.4. The topological polar surface area (TPSA) is 55.5 Å². The smallest absolute Gasteiger partial charge is 0.119 e. The Morgan fingerprint density at radius 2 is 1.60 bits per heavy atom. The van der Waals surface area contributed by atoms with Gasteiger partial charge < -0.3 is 15.6 Å². The Kier molecular flexibility index (Phi) is 7.30. The Balaban J connectivity index is 0.00000225. The molecule has 1 fully saturated rings. The Bertz CT molecular complexity index is 624. The zero-order valence-electron chi connectivity index (χ0n) is 14.6. The van der Waals surface area contributed by atoms with Crippen LogP contribution >= 0.6 is 12.4 Å². The van der Waals surface area contributed by atoms with E-state index in [2.05, 4.69) is 12.1 Å². The van der Waals surface area contributed by atoms with Gasteiger partial charge in [-0.2, -0.15) is 0 Å². The van der Waals surface area contributed by atoms with Gasteiger partial charge in [0.05, 0.1) is 5.60 Å². The summed E-state index contributed by atoms with van der Waals surface area (Å²) in [6.45, 7) is 1.03. The van der Waals surface area contributed by atoms with Gasteiger partial charge in [-0.05, 0) is 36.1 Å². The van der Waals surface area contributed by atoms with E-state index >= 15 is 0 Å². The van der Waals surface area contributed by atoms with Crippen molar-refractivity contribution in [3.05, 3.63) is 65.7 Å². The van der Waals surface area contributed by atoms with Crippen molar-refractivity contribution in [1.82, 2.24) is 0 Å². The van der Waals surface area contributed by atoms with Crippen molar-refractivity contribution in [1.29, 1.82) is 0 Å². The van der Waals surface area contributed by atoms with Crippen molar-refractivity contribution in [2.75, 3.05) is 6.54 Å². The molecule has 0 aliphatic heterocycles. The van der Waals surface area contributed by atoms with E-state index in [0.717, 1.165) is 42.6 Å². The van der Waals surface area contributed by atoms with Crippen LogP contribution in [0.15, 0.2) is 54.6 Å². The first-order valence-corrected chi connectivity index (χ1v) is 8.90. The Morgan fingerprint density at radius 3 is 2.20 bits per heavy atom. The summed E-state index contributed by atoms with van der Waals surface area (Å²) in [6.07, 6.45) is 5.09. The van der Waals surface area contributed by atoms with Crippen molar-refractivity contribution >= 4 is 12.4 Å². The molecule has 25 heavy (non-hydrogen) atoms. The second kappa shape index (κ2) is 9.23. The normalized spacial score (nSPS) is 17.4. The molecule has 0 spiro atoms. The number of hydrogen-bond acceptors (Lipinski definition) is 3. The fraction of sp³-hybridized carbons (Fsp3) is 0.429. The summed E-state index contributed by atoms with van der Waals surface area (Å²) >= 11 is 0. The maximum atomic E-state index is 11.0. The maximum Gasteiger partial charge on any atom is 0.119 e. The minimum atomic E-state index is -0.653. The number of halogens is 1. The molecule has 1 unspecified atom stereocenters. The first-order valence-electron chi connectivity index (χ1n) is 8.90. The molecule has 3 rings (SSSR count). The van der Waals surface area contributed by atoms with Crippen molar-refractivity contribution in [2.45, 2.75) is 50.2 Å². The van der Waals surface area contributed by atoms with Crippen LogP contribution in [-0.2, 0) is 6.61 Å². The Morgan fingerprint density at radius 1 is 0.960 bits per heavy atom. The number of hydrogen-bond donors (Lipinski definition) is 2. The van der Waals surface area contributed by atoms with E-state index in [0.29, 0.717) is 13.2 Å². The second-order valence-corrected chi connectivity index (χ2v) is 6.80. The monoisotopic (exact) mass is 361 g/mol. The number of rotatable bonds is 6. The molecule has 1 saturated carbocycles. The SMILES string of the molecule is Cl.NCC(c1ccc(OCc2ccccc2)cc1)C1(O)CCCCC1. The van der Waals surface area contributed by atoms with Gasteiger partial charge in [0.25, 0.3) is 0 Å². The number of ether oxygens (including phenoxy) is 1. The first-order chi connectivity index (χ1) is 11.7. The highest BCUT2D eigenvalue weighted by molar-refractivity contribution is 5.85. The Hall–Kier alpha value is -1.55. The molecule has 2 aromatic rings. The molecule has 0 bridgehead atoms. The van der Waals surface area contributed by atoms with Gasteiger partial charge in [-0.25, -0.2) is 0 Å². The molecule has 4 heteroatoms. The van der Waals surface area contributed by atoms with Gasteiger partial charge in [0.15, 0.2) is 0 Å². The van der Waals surface area contributed by atoms with Crippen LogP contribution in [0.4, 0.5) is 0 Å².